The zero-order valence-electron chi connectivity index (χ0n) is 10.2. The van der Waals surface area contributed by atoms with Crippen LogP contribution in [0.3, 0.4) is 0 Å². The summed E-state index contributed by atoms with van der Waals surface area (Å²) < 4.78 is 4.94. The van der Waals surface area contributed by atoms with Crippen molar-refractivity contribution in [2.24, 2.45) is 11.8 Å². The molecule has 1 saturated heterocycles. The zero-order chi connectivity index (χ0) is 11.3. The van der Waals surface area contributed by atoms with E-state index in [1.807, 2.05) is 6.92 Å². The Kier molecular flexibility index (Phi) is 5.09. The van der Waals surface area contributed by atoms with E-state index in [0.29, 0.717) is 13.2 Å². The topological polar surface area (TPSA) is 29.5 Å². The maximum Gasteiger partial charge on any atom is 0.320 e. The Bertz CT molecular complexity index is 196. The first-order valence-corrected chi connectivity index (χ1v) is 6.01. The number of hydrogen-bond acceptors (Lipinski definition) is 3. The molecule has 1 fully saturated rings. The number of ether oxygens (including phenoxy) is 1. The molecule has 0 unspecified atom stereocenters. The molecule has 0 aromatic heterocycles. The lowest BCUT2D eigenvalue weighted by Crippen LogP contribution is -2.39. The van der Waals surface area contributed by atoms with Crippen molar-refractivity contribution in [1.29, 1.82) is 0 Å². The van der Waals surface area contributed by atoms with Gasteiger partial charge in [-0.05, 0) is 44.7 Å². The summed E-state index contributed by atoms with van der Waals surface area (Å²) in [6, 6.07) is 0. The second kappa shape index (κ2) is 6.11. The van der Waals surface area contributed by atoms with Gasteiger partial charge in [0.25, 0.3) is 0 Å². The van der Waals surface area contributed by atoms with Gasteiger partial charge >= 0.3 is 5.97 Å². The van der Waals surface area contributed by atoms with Crippen LogP contribution in [0.15, 0.2) is 0 Å². The molecule has 0 atom stereocenters. The highest BCUT2D eigenvalue weighted by atomic mass is 16.5. The molecule has 88 valence electrons. The highest BCUT2D eigenvalue weighted by molar-refractivity contribution is 5.71. The van der Waals surface area contributed by atoms with Crippen LogP contribution in [0.2, 0.25) is 0 Å². The van der Waals surface area contributed by atoms with Gasteiger partial charge in [-0.3, -0.25) is 9.69 Å². The highest BCUT2D eigenvalue weighted by Gasteiger charge is 2.22. The number of esters is 1. The molecule has 0 amide bonds. The van der Waals surface area contributed by atoms with Crippen LogP contribution >= 0.6 is 0 Å². The molecule has 15 heavy (non-hydrogen) atoms. The molecule has 0 radical (unpaired) electrons. The Balaban J connectivity index is 2.22. The van der Waals surface area contributed by atoms with E-state index in [2.05, 4.69) is 18.7 Å². The molecular weight excluding hydrogens is 190 g/mol. The fraction of sp³-hybridized carbons (Fsp3) is 0.917. The highest BCUT2D eigenvalue weighted by Crippen LogP contribution is 2.24. The lowest BCUT2D eigenvalue weighted by atomic mass is 9.87. The Morgan fingerprint density at radius 2 is 2.00 bits per heavy atom. The molecule has 1 rings (SSSR count). The third-order valence-electron chi connectivity index (χ3n) is 3.23. The molecule has 0 spiro atoms. The van der Waals surface area contributed by atoms with Gasteiger partial charge in [-0.25, -0.2) is 0 Å². The van der Waals surface area contributed by atoms with Gasteiger partial charge in [0, 0.05) is 0 Å². The molecule has 0 aliphatic carbocycles. The monoisotopic (exact) mass is 213 g/mol. The van der Waals surface area contributed by atoms with Gasteiger partial charge in [0.1, 0.15) is 0 Å². The smallest absolute Gasteiger partial charge is 0.320 e. The Hall–Kier alpha value is -0.570. The van der Waals surface area contributed by atoms with Crippen LogP contribution in [-0.4, -0.2) is 37.1 Å². The second-order valence-corrected chi connectivity index (χ2v) is 4.66. The van der Waals surface area contributed by atoms with Gasteiger partial charge in [0.05, 0.1) is 13.2 Å². The van der Waals surface area contributed by atoms with Crippen molar-refractivity contribution in [2.45, 2.75) is 33.6 Å². The van der Waals surface area contributed by atoms with Crippen molar-refractivity contribution < 1.29 is 9.53 Å². The number of likely N-dealkylation sites (tertiary alicyclic amines) is 1. The van der Waals surface area contributed by atoms with Crippen LogP contribution in [0.25, 0.3) is 0 Å². The van der Waals surface area contributed by atoms with Crippen LogP contribution in [0.1, 0.15) is 33.6 Å². The molecule has 3 nitrogen and oxygen atoms in total. The molecule has 0 N–H and O–H groups in total. The number of nitrogens with zero attached hydrogens (tertiary/aromatic N) is 1. The van der Waals surface area contributed by atoms with E-state index >= 15 is 0 Å². The summed E-state index contributed by atoms with van der Waals surface area (Å²) in [7, 11) is 0. The second-order valence-electron chi connectivity index (χ2n) is 4.66. The SMILES string of the molecule is CCOC(=O)CN1CCC(C(C)C)CC1. The third kappa shape index (κ3) is 4.20. The van der Waals surface area contributed by atoms with E-state index in [1.165, 1.54) is 12.8 Å². The molecule has 0 aromatic rings. The summed E-state index contributed by atoms with van der Waals surface area (Å²) in [5, 5.41) is 0. The predicted octanol–water partition coefficient (Wildman–Crippen LogP) is 1.92. The Morgan fingerprint density at radius 1 is 1.40 bits per heavy atom. The predicted molar refractivity (Wildman–Crippen MR) is 60.6 cm³/mol. The van der Waals surface area contributed by atoms with Crippen molar-refractivity contribution in [2.75, 3.05) is 26.2 Å². The fourth-order valence-corrected chi connectivity index (χ4v) is 2.17. The number of carbonyl (C=O) groups is 1. The van der Waals surface area contributed by atoms with E-state index < -0.39 is 0 Å². The summed E-state index contributed by atoms with van der Waals surface area (Å²) in [5.41, 5.74) is 0. The lowest BCUT2D eigenvalue weighted by Gasteiger charge is -2.33. The van der Waals surface area contributed by atoms with E-state index in [-0.39, 0.29) is 5.97 Å². The summed E-state index contributed by atoms with van der Waals surface area (Å²) >= 11 is 0. The minimum atomic E-state index is -0.0829. The van der Waals surface area contributed by atoms with Gasteiger partial charge in [-0.1, -0.05) is 13.8 Å². The average molecular weight is 213 g/mol. The summed E-state index contributed by atoms with van der Waals surface area (Å²) in [4.78, 5) is 13.5. The van der Waals surface area contributed by atoms with Gasteiger partial charge in [0.15, 0.2) is 0 Å². The van der Waals surface area contributed by atoms with E-state index in [9.17, 15) is 4.79 Å². The minimum absolute atomic E-state index is 0.0829. The van der Waals surface area contributed by atoms with Crippen molar-refractivity contribution in [3.63, 3.8) is 0 Å². The van der Waals surface area contributed by atoms with Crippen LogP contribution < -0.4 is 0 Å². The van der Waals surface area contributed by atoms with Crippen LogP contribution in [0.5, 0.6) is 0 Å². The number of hydrogen-bond donors (Lipinski definition) is 0. The summed E-state index contributed by atoms with van der Waals surface area (Å²) in [5.74, 6) is 1.53. The molecule has 3 heteroatoms. The number of piperidine rings is 1. The van der Waals surface area contributed by atoms with Gasteiger partial charge in [-0.15, -0.1) is 0 Å². The largest absolute Gasteiger partial charge is 0.465 e. The quantitative estimate of drug-likeness (QED) is 0.668. The zero-order valence-corrected chi connectivity index (χ0v) is 10.2. The molecule has 0 aromatic carbocycles. The Morgan fingerprint density at radius 3 is 2.47 bits per heavy atom. The third-order valence-corrected chi connectivity index (χ3v) is 3.23. The average Bonchev–Trinajstić information content (AvgIpc) is 2.18. The van der Waals surface area contributed by atoms with E-state index in [4.69, 9.17) is 4.74 Å². The molecule has 1 heterocycles. The molecule has 1 aliphatic heterocycles. The number of rotatable bonds is 4. The maximum absolute atomic E-state index is 11.3. The minimum Gasteiger partial charge on any atom is -0.465 e. The molecular formula is C12H23NO2. The summed E-state index contributed by atoms with van der Waals surface area (Å²) in [6.07, 6.45) is 2.44. The normalized spacial score (nSPS) is 19.5. The first kappa shape index (κ1) is 12.5. The van der Waals surface area contributed by atoms with E-state index in [0.717, 1.165) is 24.9 Å². The summed E-state index contributed by atoms with van der Waals surface area (Å²) in [6.45, 7) is 9.46. The fourth-order valence-electron chi connectivity index (χ4n) is 2.17. The van der Waals surface area contributed by atoms with Crippen molar-refractivity contribution in [1.82, 2.24) is 4.90 Å². The first-order valence-electron chi connectivity index (χ1n) is 6.01. The number of carbonyl (C=O) groups excluding carboxylic acids is 1. The van der Waals surface area contributed by atoms with Gasteiger partial charge in [0.2, 0.25) is 0 Å². The van der Waals surface area contributed by atoms with E-state index in [1.54, 1.807) is 0 Å². The lowest BCUT2D eigenvalue weighted by molar-refractivity contribution is -0.144. The van der Waals surface area contributed by atoms with Crippen molar-refractivity contribution in [3.05, 3.63) is 0 Å². The standard InChI is InChI=1S/C12H23NO2/c1-4-15-12(14)9-13-7-5-11(6-8-13)10(2)3/h10-11H,4-9H2,1-3H3. The van der Waals surface area contributed by atoms with Gasteiger partial charge < -0.3 is 4.74 Å². The van der Waals surface area contributed by atoms with Crippen LogP contribution in [-0.2, 0) is 9.53 Å². The van der Waals surface area contributed by atoms with Gasteiger partial charge in [-0.2, -0.15) is 0 Å². The maximum atomic E-state index is 11.3. The van der Waals surface area contributed by atoms with Crippen LogP contribution in [0, 0.1) is 11.8 Å². The van der Waals surface area contributed by atoms with Crippen molar-refractivity contribution in [3.8, 4) is 0 Å². The molecule has 1 aliphatic rings. The van der Waals surface area contributed by atoms with Crippen LogP contribution in [0.4, 0.5) is 0 Å². The Labute approximate surface area is 92.8 Å². The molecule has 0 bridgehead atoms. The molecule has 0 saturated carbocycles. The first-order chi connectivity index (χ1) is 7.13. The van der Waals surface area contributed by atoms with Crippen molar-refractivity contribution >= 4 is 5.97 Å².